The number of ether oxygens (including phenoxy) is 1. The molecule has 0 aliphatic heterocycles. The lowest BCUT2D eigenvalue weighted by atomic mass is 10.1. The van der Waals surface area contributed by atoms with Crippen molar-refractivity contribution in [2.75, 3.05) is 13.7 Å². The van der Waals surface area contributed by atoms with Crippen LogP contribution in [-0.4, -0.2) is 37.4 Å². The van der Waals surface area contributed by atoms with E-state index in [1.165, 1.54) is 10.5 Å². The maximum Gasteiger partial charge on any atom is 0.244 e. The Kier molecular flexibility index (Phi) is 5.74. The zero-order valence-electron chi connectivity index (χ0n) is 13.6. The summed E-state index contributed by atoms with van der Waals surface area (Å²) in [5.74, 6) is 0.789. The second kappa shape index (κ2) is 7.57. The summed E-state index contributed by atoms with van der Waals surface area (Å²) in [6, 6.07) is 10.7. The van der Waals surface area contributed by atoms with Crippen LogP contribution in [-0.2, 0) is 16.4 Å². The molecule has 1 atom stereocenters. The first-order valence-corrected chi connectivity index (χ1v) is 8.97. The van der Waals surface area contributed by atoms with Crippen molar-refractivity contribution in [3.8, 4) is 5.75 Å². The molecule has 0 radical (unpaired) electrons. The van der Waals surface area contributed by atoms with Crippen molar-refractivity contribution in [3.05, 3.63) is 54.4 Å². The van der Waals surface area contributed by atoms with Crippen molar-refractivity contribution in [2.45, 2.75) is 31.2 Å². The Morgan fingerprint density at radius 2 is 1.91 bits per heavy atom. The first-order valence-electron chi connectivity index (χ1n) is 7.53. The Labute approximate surface area is 138 Å². The Morgan fingerprint density at radius 1 is 1.22 bits per heavy atom. The molecule has 0 unspecified atom stereocenters. The molecule has 1 aromatic heterocycles. The summed E-state index contributed by atoms with van der Waals surface area (Å²) < 4.78 is 32.2. The average molecular weight is 334 g/mol. The summed E-state index contributed by atoms with van der Waals surface area (Å²) in [4.78, 5) is 4.14. The molecule has 2 aromatic rings. The van der Waals surface area contributed by atoms with Gasteiger partial charge in [-0.1, -0.05) is 19.1 Å². The van der Waals surface area contributed by atoms with Gasteiger partial charge in [-0.15, -0.1) is 0 Å². The number of methoxy groups -OCH3 is 1. The van der Waals surface area contributed by atoms with E-state index in [0.717, 1.165) is 11.3 Å². The molecule has 0 N–H and O–H groups in total. The van der Waals surface area contributed by atoms with Crippen LogP contribution in [0.4, 0.5) is 0 Å². The van der Waals surface area contributed by atoms with Crippen LogP contribution in [0, 0.1) is 0 Å². The van der Waals surface area contributed by atoms with Crippen LogP contribution in [0.2, 0.25) is 0 Å². The molecular weight excluding hydrogens is 312 g/mol. The SMILES string of the molecule is CCN([C@H](C)Cc1ccc(OC)cc1)S(=O)(=O)c1cccnc1. The Bertz CT molecular complexity index is 715. The molecule has 1 heterocycles. The molecule has 23 heavy (non-hydrogen) atoms. The van der Waals surface area contributed by atoms with Crippen molar-refractivity contribution in [1.29, 1.82) is 0 Å². The molecule has 0 amide bonds. The molecule has 0 bridgehead atoms. The van der Waals surface area contributed by atoms with E-state index in [1.54, 1.807) is 25.4 Å². The van der Waals surface area contributed by atoms with Crippen LogP contribution in [0.1, 0.15) is 19.4 Å². The summed E-state index contributed by atoms with van der Waals surface area (Å²) >= 11 is 0. The second-order valence-corrected chi connectivity index (χ2v) is 7.19. The molecule has 2 rings (SSSR count). The molecule has 0 saturated carbocycles. The highest BCUT2D eigenvalue weighted by Gasteiger charge is 2.27. The first-order chi connectivity index (χ1) is 11.0. The van der Waals surface area contributed by atoms with E-state index in [-0.39, 0.29) is 10.9 Å². The van der Waals surface area contributed by atoms with Gasteiger partial charge in [0.15, 0.2) is 0 Å². The molecule has 0 aliphatic carbocycles. The predicted octanol–water partition coefficient (Wildman–Crippen LogP) is 2.73. The Morgan fingerprint density at radius 3 is 2.43 bits per heavy atom. The van der Waals surface area contributed by atoms with E-state index < -0.39 is 10.0 Å². The minimum atomic E-state index is -3.54. The lowest BCUT2D eigenvalue weighted by molar-refractivity contribution is 0.347. The zero-order chi connectivity index (χ0) is 16.9. The minimum absolute atomic E-state index is 0.154. The van der Waals surface area contributed by atoms with Gasteiger partial charge in [0.1, 0.15) is 10.6 Å². The molecule has 0 spiro atoms. The number of hydrogen-bond donors (Lipinski definition) is 0. The van der Waals surface area contributed by atoms with Gasteiger partial charge in [0.2, 0.25) is 10.0 Å². The largest absolute Gasteiger partial charge is 0.497 e. The van der Waals surface area contributed by atoms with Crippen LogP contribution in [0.3, 0.4) is 0 Å². The van der Waals surface area contributed by atoms with E-state index >= 15 is 0 Å². The molecule has 1 aromatic carbocycles. The van der Waals surface area contributed by atoms with Crippen LogP contribution < -0.4 is 4.74 Å². The van der Waals surface area contributed by atoms with E-state index in [1.807, 2.05) is 38.1 Å². The maximum atomic E-state index is 12.8. The van der Waals surface area contributed by atoms with Gasteiger partial charge in [0, 0.05) is 25.0 Å². The third kappa shape index (κ3) is 4.09. The third-order valence-corrected chi connectivity index (χ3v) is 5.81. The smallest absolute Gasteiger partial charge is 0.244 e. The van der Waals surface area contributed by atoms with E-state index in [2.05, 4.69) is 4.98 Å². The normalized spacial score (nSPS) is 13.0. The number of benzene rings is 1. The third-order valence-electron chi connectivity index (χ3n) is 3.73. The van der Waals surface area contributed by atoms with Gasteiger partial charge in [-0.25, -0.2) is 8.42 Å². The lowest BCUT2D eigenvalue weighted by Crippen LogP contribution is -2.39. The Balaban J connectivity index is 2.19. The summed E-state index contributed by atoms with van der Waals surface area (Å²) in [6.07, 6.45) is 3.59. The van der Waals surface area contributed by atoms with Gasteiger partial charge in [-0.2, -0.15) is 4.31 Å². The second-order valence-electron chi connectivity index (χ2n) is 5.30. The number of rotatable bonds is 7. The topological polar surface area (TPSA) is 59.5 Å². The summed E-state index contributed by atoms with van der Waals surface area (Å²) in [5.41, 5.74) is 1.07. The molecular formula is C17H22N2O3S. The molecule has 0 aliphatic rings. The van der Waals surface area contributed by atoms with Crippen LogP contribution in [0.25, 0.3) is 0 Å². The maximum absolute atomic E-state index is 12.8. The van der Waals surface area contributed by atoms with Crippen LogP contribution in [0.15, 0.2) is 53.7 Å². The fourth-order valence-corrected chi connectivity index (χ4v) is 4.16. The van der Waals surface area contributed by atoms with E-state index in [4.69, 9.17) is 4.74 Å². The number of pyridine rings is 1. The van der Waals surface area contributed by atoms with Gasteiger partial charge in [-0.05, 0) is 43.2 Å². The van der Waals surface area contributed by atoms with Crippen molar-refractivity contribution in [3.63, 3.8) is 0 Å². The fraction of sp³-hybridized carbons (Fsp3) is 0.353. The number of nitrogens with zero attached hydrogens (tertiary/aromatic N) is 2. The highest BCUT2D eigenvalue weighted by molar-refractivity contribution is 7.89. The Hall–Kier alpha value is -1.92. The predicted molar refractivity (Wildman–Crippen MR) is 90.0 cm³/mol. The molecule has 0 fully saturated rings. The van der Waals surface area contributed by atoms with Gasteiger partial charge in [0.05, 0.1) is 7.11 Å². The fourth-order valence-electron chi connectivity index (χ4n) is 2.56. The van der Waals surface area contributed by atoms with Gasteiger partial charge in [0.25, 0.3) is 0 Å². The van der Waals surface area contributed by atoms with Crippen molar-refractivity contribution in [1.82, 2.24) is 9.29 Å². The average Bonchev–Trinajstić information content (AvgIpc) is 2.56. The van der Waals surface area contributed by atoms with Crippen LogP contribution in [0.5, 0.6) is 5.75 Å². The quantitative estimate of drug-likeness (QED) is 0.781. The minimum Gasteiger partial charge on any atom is -0.497 e. The van der Waals surface area contributed by atoms with Crippen molar-refractivity contribution in [2.24, 2.45) is 0 Å². The summed E-state index contributed by atoms with van der Waals surface area (Å²) in [7, 11) is -1.92. The van der Waals surface area contributed by atoms with Crippen LogP contribution >= 0.6 is 0 Å². The number of likely N-dealkylation sites (N-methyl/N-ethyl adjacent to an activating group) is 1. The highest BCUT2D eigenvalue weighted by atomic mass is 32.2. The monoisotopic (exact) mass is 334 g/mol. The zero-order valence-corrected chi connectivity index (χ0v) is 14.5. The molecule has 124 valence electrons. The molecule has 6 heteroatoms. The van der Waals surface area contributed by atoms with Crippen molar-refractivity contribution < 1.29 is 13.2 Å². The van der Waals surface area contributed by atoms with Gasteiger partial charge in [-0.3, -0.25) is 4.98 Å². The van der Waals surface area contributed by atoms with Crippen molar-refractivity contribution >= 4 is 10.0 Å². The number of sulfonamides is 1. The number of aromatic nitrogens is 1. The van der Waals surface area contributed by atoms with Gasteiger partial charge < -0.3 is 4.74 Å². The highest BCUT2D eigenvalue weighted by Crippen LogP contribution is 2.20. The van der Waals surface area contributed by atoms with E-state index in [0.29, 0.717) is 13.0 Å². The summed E-state index contributed by atoms with van der Waals surface area (Å²) in [6.45, 7) is 4.18. The summed E-state index contributed by atoms with van der Waals surface area (Å²) in [5, 5.41) is 0. The lowest BCUT2D eigenvalue weighted by Gasteiger charge is -2.27. The number of hydrogen-bond acceptors (Lipinski definition) is 4. The van der Waals surface area contributed by atoms with Gasteiger partial charge >= 0.3 is 0 Å². The molecule has 0 saturated heterocycles. The standard InChI is InChI=1S/C17H22N2O3S/c1-4-19(23(20,21)17-6-5-11-18-13-17)14(2)12-15-7-9-16(22-3)10-8-15/h5-11,13-14H,4,12H2,1-3H3/t14-/m1/s1. The molecule has 5 nitrogen and oxygen atoms in total. The first kappa shape index (κ1) is 17.4. The van der Waals surface area contributed by atoms with E-state index in [9.17, 15) is 8.42 Å².